The summed E-state index contributed by atoms with van der Waals surface area (Å²) >= 11 is 3.81. The summed E-state index contributed by atoms with van der Waals surface area (Å²) in [5.41, 5.74) is 0.550. The van der Waals surface area contributed by atoms with Crippen LogP contribution in [-0.2, 0) is 0 Å². The van der Waals surface area contributed by atoms with Gasteiger partial charge in [0.05, 0.1) is 5.16 Å². The molecule has 0 aliphatic carbocycles. The zero-order valence-electron chi connectivity index (χ0n) is 7.32. The fraction of sp³-hybridized carbons (Fsp3) is 0.875. The second kappa shape index (κ2) is 6.91. The number of isothiocyanates is 1. The summed E-state index contributed by atoms with van der Waals surface area (Å²) < 4.78 is 0. The van der Waals surface area contributed by atoms with Crippen LogP contribution in [0.4, 0.5) is 0 Å². The molecule has 0 aliphatic heterocycles. The van der Waals surface area contributed by atoms with E-state index in [-0.39, 0.29) is 0 Å². The number of hydrogen-bond donors (Lipinski definition) is 1. The van der Waals surface area contributed by atoms with Crippen LogP contribution in [0.15, 0.2) is 0 Å². The lowest BCUT2D eigenvalue weighted by Crippen LogP contribution is -2.02. The molecule has 0 saturated carbocycles. The van der Waals surface area contributed by atoms with Crippen molar-refractivity contribution in [1.82, 2.24) is 0 Å². The molecular weight excluding hydrogens is 142 g/mol. The Bertz CT molecular complexity index is 96.3. The van der Waals surface area contributed by atoms with Gasteiger partial charge >= 0.3 is 0 Å². The van der Waals surface area contributed by atoms with Gasteiger partial charge in [-0.1, -0.05) is 34.1 Å². The smallest absolute Gasteiger partial charge is 0.0554 e. The molecule has 60 valence electrons. The summed E-state index contributed by atoms with van der Waals surface area (Å²) in [4.78, 5) is 0. The Morgan fingerprint density at radius 1 is 1.40 bits per heavy atom. The van der Waals surface area contributed by atoms with Gasteiger partial charge in [-0.3, -0.25) is 0 Å². The number of nitrogens with one attached hydrogen (secondary N) is 1. The molecule has 1 nitrogen and oxygen atoms in total. The van der Waals surface area contributed by atoms with Crippen LogP contribution in [0.5, 0.6) is 0 Å². The van der Waals surface area contributed by atoms with Crippen molar-refractivity contribution in [2.75, 3.05) is 0 Å². The highest BCUT2D eigenvalue weighted by Gasteiger charge is 2.06. The van der Waals surface area contributed by atoms with Crippen molar-refractivity contribution in [3.8, 4) is 0 Å². The van der Waals surface area contributed by atoms with Crippen LogP contribution in [0.25, 0.3) is 0 Å². The maximum Gasteiger partial charge on any atom is 0.0554 e. The third-order valence-electron chi connectivity index (χ3n) is 1.000. The van der Waals surface area contributed by atoms with E-state index in [0.29, 0.717) is 5.41 Å². The van der Waals surface area contributed by atoms with Gasteiger partial charge in [0, 0.05) is 0 Å². The van der Waals surface area contributed by atoms with Crippen LogP contribution >= 0.6 is 12.2 Å². The Kier molecular flexibility index (Phi) is 8.62. The molecule has 0 aliphatic rings. The summed E-state index contributed by atoms with van der Waals surface area (Å²) in [7, 11) is 0. The molecule has 0 unspecified atom stereocenters. The van der Waals surface area contributed by atoms with Gasteiger partial charge < -0.3 is 0 Å². The molecule has 0 fully saturated rings. The second-order valence-corrected chi connectivity index (χ2v) is 3.62. The molecule has 0 saturated heterocycles. The molecule has 0 spiro atoms. The molecule has 0 amide bonds. The summed E-state index contributed by atoms with van der Waals surface area (Å²) in [5, 5.41) is 7.36. The Hall–Kier alpha value is -0.200. The van der Waals surface area contributed by atoms with Crippen molar-refractivity contribution in [3.05, 3.63) is 0 Å². The summed E-state index contributed by atoms with van der Waals surface area (Å²) in [6, 6.07) is 0. The minimum absolute atomic E-state index is 0.550. The summed E-state index contributed by atoms with van der Waals surface area (Å²) in [6.07, 6.45) is 2.65. The van der Waals surface area contributed by atoms with Crippen molar-refractivity contribution in [2.45, 2.75) is 40.5 Å². The Labute approximate surface area is 69.3 Å². The maximum atomic E-state index is 5.77. The second-order valence-electron chi connectivity index (χ2n) is 3.41. The third-order valence-corrected chi connectivity index (χ3v) is 1.000. The Morgan fingerprint density at radius 3 is 1.70 bits per heavy atom. The fourth-order valence-corrected chi connectivity index (χ4v) is 0.750. The molecule has 0 heterocycles. The topological polar surface area (TPSA) is 23.9 Å². The van der Waals surface area contributed by atoms with Gasteiger partial charge in [-0.2, -0.15) is 0 Å². The lowest BCUT2D eigenvalue weighted by atomic mass is 9.91. The monoisotopic (exact) mass is 159 g/mol. The average Bonchev–Trinajstić information content (AvgIpc) is 1.63. The standard InChI is InChI=1S/C7H16.CHNS/c1-5-6-7(2,3)4;2-1-3/h5-6H2,1-4H3;2H. The van der Waals surface area contributed by atoms with Crippen molar-refractivity contribution < 1.29 is 0 Å². The van der Waals surface area contributed by atoms with Crippen LogP contribution in [0, 0.1) is 10.8 Å². The molecule has 0 radical (unpaired) electrons. The molecular formula is C8H17NS. The van der Waals surface area contributed by atoms with Crippen LogP contribution in [0.1, 0.15) is 40.5 Å². The van der Waals surface area contributed by atoms with E-state index in [4.69, 9.17) is 5.41 Å². The minimum atomic E-state index is 0.550. The van der Waals surface area contributed by atoms with Crippen molar-refractivity contribution in [2.24, 2.45) is 5.41 Å². The highest BCUT2D eigenvalue weighted by atomic mass is 32.1. The maximum absolute atomic E-state index is 5.77. The third kappa shape index (κ3) is 25.0. The lowest BCUT2D eigenvalue weighted by molar-refractivity contribution is 0.373. The van der Waals surface area contributed by atoms with Gasteiger partial charge in [0.2, 0.25) is 0 Å². The number of hydrogen-bond acceptors (Lipinski definition) is 2. The molecule has 1 N–H and O–H groups in total. The lowest BCUT2D eigenvalue weighted by Gasteiger charge is -2.15. The predicted octanol–water partition coefficient (Wildman–Crippen LogP) is 3.50. The molecule has 0 aromatic heterocycles. The van der Waals surface area contributed by atoms with Gasteiger partial charge in [0.1, 0.15) is 0 Å². The Morgan fingerprint density at radius 2 is 1.70 bits per heavy atom. The van der Waals surface area contributed by atoms with Crippen LogP contribution in [0.3, 0.4) is 0 Å². The summed E-state index contributed by atoms with van der Waals surface area (Å²) in [6.45, 7) is 9.05. The van der Waals surface area contributed by atoms with Crippen LogP contribution in [0.2, 0.25) is 0 Å². The first kappa shape index (κ1) is 12.5. The van der Waals surface area contributed by atoms with Gasteiger partial charge in [-0.15, -0.1) is 0 Å². The first-order chi connectivity index (χ1) is 4.47. The first-order valence-electron chi connectivity index (χ1n) is 3.51. The van der Waals surface area contributed by atoms with Crippen LogP contribution < -0.4 is 0 Å². The fourth-order valence-electron chi connectivity index (χ4n) is 0.750. The largest absolute Gasteiger partial charge is 0.248 e. The van der Waals surface area contributed by atoms with E-state index in [1.807, 2.05) is 0 Å². The first-order valence-corrected chi connectivity index (χ1v) is 3.92. The van der Waals surface area contributed by atoms with Gasteiger partial charge in [-0.05, 0) is 24.1 Å². The van der Waals surface area contributed by atoms with Crippen molar-refractivity contribution in [3.63, 3.8) is 0 Å². The van der Waals surface area contributed by atoms with E-state index in [2.05, 4.69) is 39.9 Å². The summed E-state index contributed by atoms with van der Waals surface area (Å²) in [5.74, 6) is 0. The van der Waals surface area contributed by atoms with E-state index in [1.54, 1.807) is 5.16 Å². The Balaban J connectivity index is 0. The normalized spacial score (nSPS) is 9.20. The highest BCUT2D eigenvalue weighted by molar-refractivity contribution is 7.78. The predicted molar refractivity (Wildman–Crippen MR) is 49.7 cm³/mol. The van der Waals surface area contributed by atoms with E-state index in [9.17, 15) is 0 Å². The number of rotatable bonds is 1. The minimum Gasteiger partial charge on any atom is -0.248 e. The van der Waals surface area contributed by atoms with E-state index < -0.39 is 0 Å². The molecule has 0 atom stereocenters. The quantitative estimate of drug-likeness (QED) is 0.459. The molecule has 0 rings (SSSR count). The molecule has 0 aromatic rings. The van der Waals surface area contributed by atoms with Crippen molar-refractivity contribution in [1.29, 1.82) is 5.41 Å². The van der Waals surface area contributed by atoms with E-state index in [1.165, 1.54) is 12.8 Å². The molecule has 10 heavy (non-hydrogen) atoms. The molecule has 2 heteroatoms. The number of thiocarbonyl (C=S) groups is 1. The van der Waals surface area contributed by atoms with E-state index >= 15 is 0 Å². The SMILES string of the molecule is CCCC(C)(C)C.N=C=S. The zero-order valence-corrected chi connectivity index (χ0v) is 8.14. The van der Waals surface area contributed by atoms with Gasteiger partial charge in [0.15, 0.2) is 0 Å². The van der Waals surface area contributed by atoms with Gasteiger partial charge in [0.25, 0.3) is 0 Å². The zero-order chi connectivity index (χ0) is 8.62. The highest BCUT2D eigenvalue weighted by Crippen LogP contribution is 2.19. The van der Waals surface area contributed by atoms with Crippen LogP contribution in [-0.4, -0.2) is 5.16 Å². The van der Waals surface area contributed by atoms with Gasteiger partial charge in [-0.25, -0.2) is 5.41 Å². The average molecular weight is 159 g/mol. The van der Waals surface area contributed by atoms with E-state index in [0.717, 1.165) is 0 Å². The molecule has 0 bridgehead atoms. The molecule has 0 aromatic carbocycles. The van der Waals surface area contributed by atoms with Crippen molar-refractivity contribution >= 4 is 17.4 Å².